The van der Waals surface area contributed by atoms with Crippen molar-refractivity contribution in [1.82, 2.24) is 5.32 Å². The largest absolute Gasteiger partial charge is 0.497 e. The molecule has 1 atom stereocenters. The Morgan fingerprint density at radius 2 is 1.55 bits per heavy atom. The predicted octanol–water partition coefficient (Wildman–Crippen LogP) is 4.00. The van der Waals surface area contributed by atoms with Crippen molar-refractivity contribution in [1.29, 1.82) is 0 Å². The van der Waals surface area contributed by atoms with Crippen LogP contribution in [0.15, 0.2) is 84.9 Å². The van der Waals surface area contributed by atoms with Crippen LogP contribution < -0.4 is 15.0 Å². The van der Waals surface area contributed by atoms with Gasteiger partial charge in [-0.2, -0.15) is 0 Å². The van der Waals surface area contributed by atoms with Gasteiger partial charge in [0, 0.05) is 31.1 Å². The Labute approximate surface area is 182 Å². The summed E-state index contributed by atoms with van der Waals surface area (Å²) in [5, 5.41) is 3.09. The van der Waals surface area contributed by atoms with Gasteiger partial charge in [0.25, 0.3) is 0 Å². The maximum Gasteiger partial charge on any atom is 0.227 e. The van der Waals surface area contributed by atoms with Gasteiger partial charge < -0.3 is 15.0 Å². The number of hydrogen-bond acceptors (Lipinski definition) is 3. The summed E-state index contributed by atoms with van der Waals surface area (Å²) in [5.41, 5.74) is 3.08. The molecule has 1 N–H and O–H groups in total. The third-order valence-electron chi connectivity index (χ3n) is 5.76. The van der Waals surface area contributed by atoms with Crippen molar-refractivity contribution in [2.75, 3.05) is 25.1 Å². The SMILES string of the molecule is COc1ccc(N2C[C@H](C(=O)NCC(c3ccccc3)c3ccccc3)CC2=O)cc1. The minimum absolute atomic E-state index is 0.0343. The molecule has 3 aromatic rings. The topological polar surface area (TPSA) is 58.6 Å². The number of carbonyl (C=O) groups excluding carboxylic acids is 2. The van der Waals surface area contributed by atoms with Gasteiger partial charge in [-0.15, -0.1) is 0 Å². The highest BCUT2D eigenvalue weighted by Crippen LogP contribution is 2.28. The average Bonchev–Trinajstić information content (AvgIpc) is 3.22. The fourth-order valence-electron chi connectivity index (χ4n) is 4.04. The average molecular weight is 415 g/mol. The Morgan fingerprint density at radius 1 is 0.968 bits per heavy atom. The number of nitrogens with one attached hydrogen (secondary N) is 1. The molecular weight excluding hydrogens is 388 g/mol. The van der Waals surface area contributed by atoms with Crippen molar-refractivity contribution in [3.63, 3.8) is 0 Å². The Kier molecular flexibility index (Phi) is 6.32. The summed E-state index contributed by atoms with van der Waals surface area (Å²) in [7, 11) is 1.61. The number of amides is 2. The Balaban J connectivity index is 1.43. The molecule has 0 radical (unpaired) electrons. The first-order valence-corrected chi connectivity index (χ1v) is 10.5. The Bertz CT molecular complexity index is 980. The molecule has 0 bridgehead atoms. The van der Waals surface area contributed by atoms with Crippen LogP contribution in [0.2, 0.25) is 0 Å². The first-order valence-electron chi connectivity index (χ1n) is 10.5. The maximum absolute atomic E-state index is 12.9. The summed E-state index contributed by atoms with van der Waals surface area (Å²) in [5.74, 6) is 0.315. The third kappa shape index (κ3) is 4.77. The summed E-state index contributed by atoms with van der Waals surface area (Å²) >= 11 is 0. The van der Waals surface area contributed by atoms with Crippen LogP contribution in [0.1, 0.15) is 23.5 Å². The summed E-state index contributed by atoms with van der Waals surface area (Å²) in [6.07, 6.45) is 0.221. The van der Waals surface area contributed by atoms with Crippen LogP contribution in [-0.2, 0) is 9.59 Å². The van der Waals surface area contributed by atoms with Gasteiger partial charge in [0.15, 0.2) is 0 Å². The zero-order valence-corrected chi connectivity index (χ0v) is 17.5. The van der Waals surface area contributed by atoms with Gasteiger partial charge in [-0.05, 0) is 35.4 Å². The van der Waals surface area contributed by atoms with Gasteiger partial charge in [0.2, 0.25) is 11.8 Å². The number of anilines is 1. The lowest BCUT2D eigenvalue weighted by molar-refractivity contribution is -0.126. The normalized spacial score (nSPS) is 15.9. The molecule has 5 nitrogen and oxygen atoms in total. The fourth-order valence-corrected chi connectivity index (χ4v) is 4.04. The van der Waals surface area contributed by atoms with Crippen molar-refractivity contribution in [2.45, 2.75) is 12.3 Å². The number of ether oxygens (including phenoxy) is 1. The second-order valence-corrected chi connectivity index (χ2v) is 7.72. The molecule has 5 heteroatoms. The van der Waals surface area contributed by atoms with E-state index in [9.17, 15) is 9.59 Å². The first-order chi connectivity index (χ1) is 15.2. The van der Waals surface area contributed by atoms with E-state index >= 15 is 0 Å². The fraction of sp³-hybridized carbons (Fsp3) is 0.231. The van der Waals surface area contributed by atoms with Crippen LogP contribution in [0.25, 0.3) is 0 Å². The molecular formula is C26H26N2O3. The standard InChI is InChI=1S/C26H26N2O3/c1-31-23-14-12-22(13-15-23)28-18-21(16-25(28)29)26(30)27-17-24(19-8-4-2-5-9-19)20-10-6-3-7-11-20/h2-15,21,24H,16-18H2,1H3,(H,27,30)/t21-/m1/s1. The van der Waals surface area contributed by atoms with Crippen molar-refractivity contribution in [2.24, 2.45) is 5.92 Å². The van der Waals surface area contributed by atoms with Crippen LogP contribution in [0.4, 0.5) is 5.69 Å². The van der Waals surface area contributed by atoms with Gasteiger partial charge >= 0.3 is 0 Å². The molecule has 1 aliphatic heterocycles. The zero-order valence-electron chi connectivity index (χ0n) is 17.5. The number of rotatable bonds is 7. The smallest absolute Gasteiger partial charge is 0.227 e. The van der Waals surface area contributed by atoms with E-state index in [1.807, 2.05) is 60.7 Å². The molecule has 0 saturated carbocycles. The van der Waals surface area contributed by atoms with Crippen LogP contribution in [0.3, 0.4) is 0 Å². The van der Waals surface area contributed by atoms with Gasteiger partial charge in [0.1, 0.15) is 5.75 Å². The highest BCUT2D eigenvalue weighted by atomic mass is 16.5. The number of methoxy groups -OCH3 is 1. The van der Waals surface area contributed by atoms with E-state index < -0.39 is 0 Å². The molecule has 31 heavy (non-hydrogen) atoms. The molecule has 4 rings (SSSR count). The molecule has 1 heterocycles. The summed E-state index contributed by atoms with van der Waals surface area (Å²) in [6.45, 7) is 0.873. The molecule has 0 aromatic heterocycles. The second kappa shape index (κ2) is 9.47. The molecule has 1 aliphatic rings. The van der Waals surface area contributed by atoms with Gasteiger partial charge in [0.05, 0.1) is 13.0 Å². The minimum Gasteiger partial charge on any atom is -0.497 e. The van der Waals surface area contributed by atoms with Crippen molar-refractivity contribution in [3.8, 4) is 5.75 Å². The lowest BCUT2D eigenvalue weighted by Crippen LogP contribution is -2.35. The summed E-state index contributed by atoms with van der Waals surface area (Å²) in [4.78, 5) is 27.1. The van der Waals surface area contributed by atoms with E-state index in [1.165, 1.54) is 0 Å². The van der Waals surface area contributed by atoms with E-state index in [-0.39, 0.29) is 30.1 Å². The highest BCUT2D eigenvalue weighted by Gasteiger charge is 2.35. The van der Waals surface area contributed by atoms with E-state index in [1.54, 1.807) is 12.0 Å². The van der Waals surface area contributed by atoms with Crippen molar-refractivity contribution < 1.29 is 14.3 Å². The van der Waals surface area contributed by atoms with Crippen LogP contribution in [0, 0.1) is 5.92 Å². The van der Waals surface area contributed by atoms with Gasteiger partial charge in [-0.1, -0.05) is 60.7 Å². The van der Waals surface area contributed by atoms with E-state index in [0.29, 0.717) is 13.1 Å². The lowest BCUT2D eigenvalue weighted by atomic mass is 9.91. The summed E-state index contributed by atoms with van der Waals surface area (Å²) < 4.78 is 5.18. The molecule has 0 aliphatic carbocycles. The molecule has 2 amide bonds. The first kappa shape index (κ1) is 20.7. The van der Waals surface area contributed by atoms with Crippen LogP contribution in [0.5, 0.6) is 5.75 Å². The van der Waals surface area contributed by atoms with E-state index in [0.717, 1.165) is 22.6 Å². The predicted molar refractivity (Wildman–Crippen MR) is 121 cm³/mol. The second-order valence-electron chi connectivity index (χ2n) is 7.72. The minimum atomic E-state index is -0.359. The number of nitrogens with zero attached hydrogens (tertiary/aromatic N) is 1. The van der Waals surface area contributed by atoms with Crippen molar-refractivity contribution in [3.05, 3.63) is 96.1 Å². The highest BCUT2D eigenvalue weighted by molar-refractivity contribution is 6.00. The number of benzene rings is 3. The number of carbonyl (C=O) groups is 2. The van der Waals surface area contributed by atoms with Gasteiger partial charge in [-0.3, -0.25) is 9.59 Å². The Morgan fingerprint density at radius 3 is 2.10 bits per heavy atom. The number of hydrogen-bond donors (Lipinski definition) is 1. The monoisotopic (exact) mass is 414 g/mol. The quantitative estimate of drug-likeness (QED) is 0.636. The molecule has 1 fully saturated rings. The third-order valence-corrected chi connectivity index (χ3v) is 5.76. The molecule has 158 valence electrons. The molecule has 1 saturated heterocycles. The maximum atomic E-state index is 12.9. The van der Waals surface area contributed by atoms with Crippen LogP contribution in [-0.4, -0.2) is 32.0 Å². The zero-order chi connectivity index (χ0) is 21.6. The van der Waals surface area contributed by atoms with E-state index in [4.69, 9.17) is 4.74 Å². The Hall–Kier alpha value is -3.60. The van der Waals surface area contributed by atoms with Crippen LogP contribution >= 0.6 is 0 Å². The van der Waals surface area contributed by atoms with Gasteiger partial charge in [-0.25, -0.2) is 0 Å². The van der Waals surface area contributed by atoms with E-state index in [2.05, 4.69) is 29.6 Å². The molecule has 0 spiro atoms. The van der Waals surface area contributed by atoms with Crippen molar-refractivity contribution >= 4 is 17.5 Å². The lowest BCUT2D eigenvalue weighted by Gasteiger charge is -2.20. The molecule has 3 aromatic carbocycles. The molecule has 0 unspecified atom stereocenters. The summed E-state index contributed by atoms with van der Waals surface area (Å²) in [6, 6.07) is 27.7.